The Kier molecular flexibility index (Phi) is 3.69. The van der Waals surface area contributed by atoms with E-state index in [-0.39, 0.29) is 18.3 Å². The van der Waals surface area contributed by atoms with Crippen LogP contribution < -0.4 is 5.32 Å². The van der Waals surface area contributed by atoms with Gasteiger partial charge in [-0.25, -0.2) is 0 Å². The van der Waals surface area contributed by atoms with Crippen LogP contribution in [0, 0.1) is 0 Å². The molecule has 0 fully saturated rings. The van der Waals surface area contributed by atoms with Crippen LogP contribution in [0.5, 0.6) is 0 Å². The van der Waals surface area contributed by atoms with E-state index in [4.69, 9.17) is 0 Å². The lowest BCUT2D eigenvalue weighted by Crippen LogP contribution is -2.17. The number of hydrogen-bond donors (Lipinski definition) is 1. The molecule has 0 spiro atoms. The number of benzene rings is 2. The highest BCUT2D eigenvalue weighted by Crippen LogP contribution is 2.17. The Morgan fingerprint density at radius 2 is 1.73 bits per heavy atom. The average molecular weight is 222 g/mol. The summed E-state index contributed by atoms with van der Waals surface area (Å²) in [6.07, 6.45) is 0. The fraction of sp³-hybridized carbons (Fsp3) is 0.0833. The van der Waals surface area contributed by atoms with Crippen molar-refractivity contribution in [1.29, 1.82) is 0 Å². The van der Waals surface area contributed by atoms with Crippen LogP contribution in [0.3, 0.4) is 0 Å². The quantitative estimate of drug-likeness (QED) is 0.788. The molecule has 2 rings (SSSR count). The lowest BCUT2D eigenvalue weighted by Gasteiger charge is -2.04. The van der Waals surface area contributed by atoms with Gasteiger partial charge in [0.2, 0.25) is 0 Å². The maximum Gasteiger partial charge on any atom is 0.251 e. The topological polar surface area (TPSA) is 29.1 Å². The molecule has 0 aliphatic heterocycles. The third-order valence-electron chi connectivity index (χ3n) is 2.26. The fourth-order valence-electron chi connectivity index (χ4n) is 1.56. The maximum atomic E-state index is 11.5. The molecule has 3 heteroatoms. The second-order valence-electron chi connectivity index (χ2n) is 3.11. The van der Waals surface area contributed by atoms with Gasteiger partial charge < -0.3 is 5.32 Å². The zero-order valence-corrected chi connectivity index (χ0v) is 9.17. The first-order valence-corrected chi connectivity index (χ1v) is 4.53. The number of nitrogens with one attached hydrogen (secondary N) is 1. The molecule has 0 bridgehead atoms. The van der Waals surface area contributed by atoms with Crippen LogP contribution in [-0.4, -0.2) is 13.0 Å². The standard InChI is InChI=1S/C12H11NO.ClH/c1-13-12(14)11-8-4-6-9-5-2-3-7-10(9)11;/h2-8H,1H3,(H,13,14);1H. The molecule has 78 valence electrons. The predicted molar refractivity (Wildman–Crippen MR) is 64.6 cm³/mol. The van der Waals surface area contributed by atoms with E-state index >= 15 is 0 Å². The number of fused-ring (bicyclic) bond motifs is 1. The summed E-state index contributed by atoms with van der Waals surface area (Å²) < 4.78 is 0. The molecule has 2 aromatic rings. The molecule has 2 aromatic carbocycles. The number of hydrogen-bond acceptors (Lipinski definition) is 1. The molecule has 2 nitrogen and oxygen atoms in total. The minimum atomic E-state index is -0.0400. The van der Waals surface area contributed by atoms with Gasteiger partial charge in [-0.05, 0) is 16.8 Å². The third-order valence-corrected chi connectivity index (χ3v) is 2.26. The smallest absolute Gasteiger partial charge is 0.251 e. The first-order valence-electron chi connectivity index (χ1n) is 4.53. The first kappa shape index (κ1) is 11.5. The van der Waals surface area contributed by atoms with Crippen LogP contribution in [0.4, 0.5) is 0 Å². The summed E-state index contributed by atoms with van der Waals surface area (Å²) in [5.41, 5.74) is 0.727. The van der Waals surface area contributed by atoms with Crippen molar-refractivity contribution < 1.29 is 4.79 Å². The molecular formula is C12H12ClNO. The monoisotopic (exact) mass is 221 g/mol. The molecule has 1 amide bonds. The maximum absolute atomic E-state index is 11.5. The summed E-state index contributed by atoms with van der Waals surface area (Å²) in [7, 11) is 1.64. The van der Waals surface area contributed by atoms with Crippen LogP contribution in [0.15, 0.2) is 42.5 Å². The number of carbonyl (C=O) groups is 1. The largest absolute Gasteiger partial charge is 0.355 e. The minimum Gasteiger partial charge on any atom is -0.355 e. The minimum absolute atomic E-state index is 0. The number of rotatable bonds is 1. The molecular weight excluding hydrogens is 210 g/mol. The van der Waals surface area contributed by atoms with Crippen molar-refractivity contribution in [3.05, 3.63) is 48.0 Å². The third kappa shape index (κ3) is 2.10. The van der Waals surface area contributed by atoms with Gasteiger partial charge in [-0.15, -0.1) is 12.4 Å². The lowest BCUT2D eigenvalue weighted by atomic mass is 10.0. The zero-order valence-electron chi connectivity index (χ0n) is 8.36. The Morgan fingerprint density at radius 1 is 1.07 bits per heavy atom. The van der Waals surface area contributed by atoms with Crippen molar-refractivity contribution in [3.8, 4) is 0 Å². The van der Waals surface area contributed by atoms with Gasteiger partial charge in [0.15, 0.2) is 0 Å². The van der Waals surface area contributed by atoms with E-state index in [0.717, 1.165) is 16.3 Å². The van der Waals surface area contributed by atoms with E-state index in [1.165, 1.54) is 0 Å². The van der Waals surface area contributed by atoms with Gasteiger partial charge in [-0.3, -0.25) is 4.79 Å². The predicted octanol–water partition coefficient (Wildman–Crippen LogP) is 2.62. The highest BCUT2D eigenvalue weighted by atomic mass is 35.5. The van der Waals surface area contributed by atoms with E-state index in [9.17, 15) is 4.79 Å². The number of halogens is 1. The Hall–Kier alpha value is -1.54. The van der Waals surface area contributed by atoms with Crippen LogP contribution in [0.2, 0.25) is 0 Å². The summed E-state index contributed by atoms with van der Waals surface area (Å²) >= 11 is 0. The van der Waals surface area contributed by atoms with E-state index in [1.807, 2.05) is 42.5 Å². The molecule has 15 heavy (non-hydrogen) atoms. The van der Waals surface area contributed by atoms with Crippen molar-refractivity contribution in [2.24, 2.45) is 0 Å². The van der Waals surface area contributed by atoms with E-state index in [0.29, 0.717) is 0 Å². The van der Waals surface area contributed by atoms with Gasteiger partial charge in [0.25, 0.3) is 5.91 Å². The van der Waals surface area contributed by atoms with Gasteiger partial charge >= 0.3 is 0 Å². The van der Waals surface area contributed by atoms with Crippen LogP contribution in [0.1, 0.15) is 10.4 Å². The molecule has 0 aromatic heterocycles. The van der Waals surface area contributed by atoms with Crippen molar-refractivity contribution in [2.75, 3.05) is 7.05 Å². The molecule has 0 aliphatic rings. The van der Waals surface area contributed by atoms with Crippen LogP contribution in [-0.2, 0) is 0 Å². The fourth-order valence-corrected chi connectivity index (χ4v) is 1.56. The molecule has 0 aliphatic carbocycles. The van der Waals surface area contributed by atoms with Crippen molar-refractivity contribution in [1.82, 2.24) is 5.32 Å². The molecule has 0 atom stereocenters. The molecule has 0 saturated heterocycles. The van der Waals surface area contributed by atoms with Crippen molar-refractivity contribution in [2.45, 2.75) is 0 Å². The highest BCUT2D eigenvalue weighted by Gasteiger charge is 2.06. The van der Waals surface area contributed by atoms with Gasteiger partial charge in [-0.2, -0.15) is 0 Å². The second kappa shape index (κ2) is 4.80. The van der Waals surface area contributed by atoms with Crippen LogP contribution in [0.25, 0.3) is 10.8 Å². The van der Waals surface area contributed by atoms with Crippen LogP contribution >= 0.6 is 12.4 Å². The van der Waals surface area contributed by atoms with E-state index in [1.54, 1.807) is 7.05 Å². The molecule has 0 unspecified atom stereocenters. The Labute approximate surface area is 94.7 Å². The summed E-state index contributed by atoms with van der Waals surface area (Å²) in [6, 6.07) is 13.6. The Morgan fingerprint density at radius 3 is 2.47 bits per heavy atom. The number of amides is 1. The average Bonchev–Trinajstić information content (AvgIpc) is 2.27. The lowest BCUT2D eigenvalue weighted by molar-refractivity contribution is 0.0965. The molecule has 0 radical (unpaired) electrons. The normalized spacial score (nSPS) is 9.40. The molecule has 0 heterocycles. The molecule has 0 saturated carbocycles. The first-order chi connectivity index (χ1) is 6.83. The summed E-state index contributed by atoms with van der Waals surface area (Å²) in [5.74, 6) is -0.0400. The van der Waals surface area contributed by atoms with Gasteiger partial charge in [0.1, 0.15) is 0 Å². The summed E-state index contributed by atoms with van der Waals surface area (Å²) in [5, 5.41) is 4.72. The Bertz CT molecular complexity index is 477. The second-order valence-corrected chi connectivity index (χ2v) is 3.11. The zero-order chi connectivity index (χ0) is 9.97. The Balaban J connectivity index is 0.00000112. The van der Waals surface area contributed by atoms with Gasteiger partial charge in [0.05, 0.1) is 0 Å². The van der Waals surface area contributed by atoms with Crippen molar-refractivity contribution >= 4 is 29.1 Å². The number of carbonyl (C=O) groups excluding carboxylic acids is 1. The summed E-state index contributed by atoms with van der Waals surface area (Å²) in [6.45, 7) is 0. The molecule has 1 N–H and O–H groups in total. The SMILES string of the molecule is CNC(=O)c1cccc2ccccc12.Cl. The van der Waals surface area contributed by atoms with E-state index < -0.39 is 0 Å². The summed E-state index contributed by atoms with van der Waals surface area (Å²) in [4.78, 5) is 11.5. The van der Waals surface area contributed by atoms with Gasteiger partial charge in [0, 0.05) is 12.6 Å². The van der Waals surface area contributed by atoms with Gasteiger partial charge in [-0.1, -0.05) is 36.4 Å². The van der Waals surface area contributed by atoms with Crippen molar-refractivity contribution in [3.63, 3.8) is 0 Å². The van der Waals surface area contributed by atoms with E-state index in [2.05, 4.69) is 5.32 Å². The highest BCUT2D eigenvalue weighted by molar-refractivity contribution is 6.06.